The van der Waals surface area contributed by atoms with Crippen LogP contribution in [0.25, 0.3) is 43.4 Å². The first kappa shape index (κ1) is 27.9. The van der Waals surface area contributed by atoms with Crippen LogP contribution in [0, 0.1) is 6.92 Å². The minimum atomic E-state index is -0.175. The number of allylic oxidation sites excluding steroid dienone is 1. The van der Waals surface area contributed by atoms with Gasteiger partial charge in [0, 0.05) is 10.8 Å². The second-order valence-electron chi connectivity index (χ2n) is 15.2. The molecule has 1 aliphatic rings. The fourth-order valence-electron chi connectivity index (χ4n) is 7.76. The molecule has 0 nitrogen and oxygen atoms in total. The number of hydrogen-bond donors (Lipinski definition) is 0. The molecule has 0 heteroatoms. The lowest BCUT2D eigenvalue weighted by Gasteiger charge is -2.31. The number of aryl methyl sites for hydroxylation is 1. The van der Waals surface area contributed by atoms with Crippen LogP contribution >= 0.6 is 0 Å². The zero-order valence-electron chi connectivity index (χ0n) is 27.4. The van der Waals surface area contributed by atoms with Crippen LogP contribution in [-0.2, 0) is 16.2 Å². The van der Waals surface area contributed by atoms with Gasteiger partial charge in [-0.1, -0.05) is 140 Å². The zero-order chi connectivity index (χ0) is 30.6. The molecule has 0 radical (unpaired) electrons. The Labute approximate surface area is 257 Å². The van der Waals surface area contributed by atoms with Gasteiger partial charge in [-0.15, -0.1) is 6.58 Å². The third kappa shape index (κ3) is 3.95. The Morgan fingerprint density at radius 2 is 1.28 bits per heavy atom. The molecule has 0 aromatic heterocycles. The summed E-state index contributed by atoms with van der Waals surface area (Å²) in [5.41, 5.74) is 12.3. The summed E-state index contributed by atoms with van der Waals surface area (Å²) in [7, 11) is 0. The van der Waals surface area contributed by atoms with E-state index >= 15 is 0 Å². The molecule has 0 saturated carbocycles. The maximum atomic E-state index is 4.04. The summed E-state index contributed by atoms with van der Waals surface area (Å²) in [5.74, 6) is 0.345. The second-order valence-corrected chi connectivity index (χ2v) is 15.2. The van der Waals surface area contributed by atoms with Crippen LogP contribution < -0.4 is 0 Å². The topological polar surface area (TPSA) is 0 Å². The first-order valence-corrected chi connectivity index (χ1v) is 15.9. The highest BCUT2D eigenvalue weighted by molar-refractivity contribution is 6.24. The summed E-state index contributed by atoms with van der Waals surface area (Å²) in [4.78, 5) is 0. The van der Waals surface area contributed by atoms with E-state index < -0.39 is 0 Å². The zero-order valence-corrected chi connectivity index (χ0v) is 27.4. The maximum Gasteiger partial charge on any atom is 0.0159 e. The monoisotopic (exact) mass is 560 g/mol. The van der Waals surface area contributed by atoms with E-state index in [1.807, 2.05) is 6.08 Å². The van der Waals surface area contributed by atoms with E-state index in [4.69, 9.17) is 0 Å². The fraction of sp³-hybridized carbons (Fsp3) is 0.302. The molecule has 6 aromatic carbocycles. The molecular weight excluding hydrogens is 516 g/mol. The second kappa shape index (κ2) is 9.06. The summed E-state index contributed by atoms with van der Waals surface area (Å²) >= 11 is 0. The quantitative estimate of drug-likeness (QED) is 0.149. The molecule has 0 fully saturated rings. The Morgan fingerprint density at radius 1 is 0.674 bits per heavy atom. The van der Waals surface area contributed by atoms with Crippen LogP contribution in [0.5, 0.6) is 0 Å². The first-order valence-electron chi connectivity index (χ1n) is 15.9. The number of rotatable bonds is 4. The maximum absolute atomic E-state index is 4.04. The van der Waals surface area contributed by atoms with Gasteiger partial charge in [-0.2, -0.15) is 0 Å². The van der Waals surface area contributed by atoms with E-state index in [1.54, 1.807) is 0 Å². The van der Waals surface area contributed by atoms with Crippen molar-refractivity contribution in [2.75, 3.05) is 0 Å². The van der Waals surface area contributed by atoms with Gasteiger partial charge in [-0.25, -0.2) is 0 Å². The molecule has 0 amide bonds. The summed E-state index contributed by atoms with van der Waals surface area (Å²) in [6, 6.07) is 31.0. The molecule has 7 rings (SSSR count). The minimum absolute atomic E-state index is 0.0585. The molecule has 0 heterocycles. The third-order valence-corrected chi connectivity index (χ3v) is 10.8. The van der Waals surface area contributed by atoms with E-state index in [1.165, 1.54) is 82.4 Å². The Hall–Kier alpha value is -3.90. The van der Waals surface area contributed by atoms with Gasteiger partial charge in [0.1, 0.15) is 0 Å². The van der Waals surface area contributed by atoms with Crippen molar-refractivity contribution in [3.63, 3.8) is 0 Å². The van der Waals surface area contributed by atoms with Gasteiger partial charge in [0.15, 0.2) is 0 Å². The van der Waals surface area contributed by atoms with Crippen molar-refractivity contribution < 1.29 is 0 Å². The van der Waals surface area contributed by atoms with E-state index in [2.05, 4.69) is 148 Å². The highest BCUT2D eigenvalue weighted by Gasteiger charge is 2.37. The molecule has 0 bridgehead atoms. The SMILES string of the molecule is C=CC(C)c1ccc2c(c1)C(C)(C)c1cc(C(C)(C)c3cc(C)c4ccc5cc(C(C)(C)C)cc6ccc3c4c56)ccc1-2. The molecular formula is C43H44. The van der Waals surface area contributed by atoms with Gasteiger partial charge in [-0.05, 0) is 101 Å². The summed E-state index contributed by atoms with van der Waals surface area (Å²) < 4.78 is 0. The molecule has 6 aromatic rings. The lowest BCUT2D eigenvalue weighted by molar-refractivity contribution is 0.591. The van der Waals surface area contributed by atoms with E-state index in [-0.39, 0.29) is 16.2 Å². The minimum Gasteiger partial charge on any atom is -0.102 e. The normalized spacial score (nSPS) is 15.3. The van der Waals surface area contributed by atoms with Gasteiger partial charge in [-0.3, -0.25) is 0 Å². The predicted octanol–water partition coefficient (Wildman–Crippen LogP) is 12.1. The van der Waals surface area contributed by atoms with Crippen molar-refractivity contribution in [3.05, 3.63) is 130 Å². The largest absolute Gasteiger partial charge is 0.102 e. The van der Waals surface area contributed by atoms with Gasteiger partial charge in [0.25, 0.3) is 0 Å². The highest BCUT2D eigenvalue weighted by atomic mass is 14.4. The molecule has 1 aliphatic carbocycles. The summed E-state index contributed by atoms with van der Waals surface area (Å²) in [5, 5.41) is 8.24. The van der Waals surface area contributed by atoms with E-state index in [9.17, 15) is 0 Å². The van der Waals surface area contributed by atoms with Crippen LogP contribution in [0.2, 0.25) is 0 Å². The third-order valence-electron chi connectivity index (χ3n) is 10.8. The number of hydrogen-bond acceptors (Lipinski definition) is 0. The molecule has 1 atom stereocenters. The number of benzene rings is 6. The Morgan fingerprint density at radius 3 is 1.91 bits per heavy atom. The van der Waals surface area contributed by atoms with Crippen molar-refractivity contribution in [2.45, 2.75) is 84.5 Å². The summed E-state index contributed by atoms with van der Waals surface area (Å²) in [6.07, 6.45) is 2.04. The van der Waals surface area contributed by atoms with Crippen molar-refractivity contribution in [1.29, 1.82) is 0 Å². The lowest BCUT2D eigenvalue weighted by Crippen LogP contribution is -2.22. The van der Waals surface area contributed by atoms with Crippen molar-refractivity contribution in [3.8, 4) is 11.1 Å². The van der Waals surface area contributed by atoms with Crippen molar-refractivity contribution in [1.82, 2.24) is 0 Å². The van der Waals surface area contributed by atoms with Gasteiger partial charge < -0.3 is 0 Å². The summed E-state index contributed by atoms with van der Waals surface area (Å²) in [6.45, 7) is 25.1. The van der Waals surface area contributed by atoms with E-state index in [0.717, 1.165) is 0 Å². The Balaban J connectivity index is 1.41. The Bertz CT molecular complexity index is 2070. The fourth-order valence-corrected chi connectivity index (χ4v) is 7.76. The molecule has 0 aliphatic heterocycles. The highest BCUT2D eigenvalue weighted by Crippen LogP contribution is 2.51. The Kier molecular flexibility index (Phi) is 5.88. The standard InChI is InChI=1S/C43H44/c1-11-25(2)27-12-17-33-34-19-15-30(24-38(34)43(9,10)37(33)23-27)42(7,8)36-20-26(3)32-16-13-28-21-31(41(4,5)6)22-29-14-18-35(36)40(32)39(28)29/h11-25H,1H2,2-10H3. The molecule has 43 heavy (non-hydrogen) atoms. The smallest absolute Gasteiger partial charge is 0.0159 e. The first-order chi connectivity index (χ1) is 20.2. The van der Waals surface area contributed by atoms with Crippen molar-refractivity contribution in [2.24, 2.45) is 0 Å². The average Bonchev–Trinajstić information content (AvgIpc) is 3.20. The van der Waals surface area contributed by atoms with Crippen LogP contribution in [-0.4, -0.2) is 0 Å². The molecule has 216 valence electrons. The van der Waals surface area contributed by atoms with Crippen LogP contribution in [0.4, 0.5) is 0 Å². The number of fused-ring (bicyclic) bond motifs is 3. The van der Waals surface area contributed by atoms with Gasteiger partial charge in [0.05, 0.1) is 0 Å². The molecule has 1 unspecified atom stereocenters. The molecule has 0 N–H and O–H groups in total. The van der Waals surface area contributed by atoms with E-state index in [0.29, 0.717) is 5.92 Å². The molecule has 0 spiro atoms. The van der Waals surface area contributed by atoms with Crippen LogP contribution in [0.1, 0.15) is 100 Å². The molecule has 0 saturated heterocycles. The van der Waals surface area contributed by atoms with Crippen LogP contribution in [0.3, 0.4) is 0 Å². The van der Waals surface area contributed by atoms with Crippen molar-refractivity contribution >= 4 is 32.3 Å². The predicted molar refractivity (Wildman–Crippen MR) is 188 cm³/mol. The lowest BCUT2D eigenvalue weighted by atomic mass is 9.72. The van der Waals surface area contributed by atoms with Crippen LogP contribution in [0.15, 0.2) is 91.5 Å². The van der Waals surface area contributed by atoms with Gasteiger partial charge >= 0.3 is 0 Å². The van der Waals surface area contributed by atoms with Gasteiger partial charge in [0.2, 0.25) is 0 Å². The average molecular weight is 561 g/mol.